The van der Waals surface area contributed by atoms with Crippen LogP contribution in [0.5, 0.6) is 0 Å². The van der Waals surface area contributed by atoms with E-state index < -0.39 is 11.4 Å². The number of aliphatic carboxylic acids is 1. The maximum absolute atomic E-state index is 11.9. The number of carboxylic acid groups (broad SMARTS) is 1. The molecule has 0 aromatic rings. The number of likely N-dealkylation sites (N-methyl/N-ethyl adjacent to an activating group) is 1. The van der Waals surface area contributed by atoms with Crippen molar-refractivity contribution in [2.24, 2.45) is 5.41 Å². The van der Waals surface area contributed by atoms with Crippen molar-refractivity contribution in [1.82, 2.24) is 9.80 Å². The van der Waals surface area contributed by atoms with Gasteiger partial charge in [0.05, 0.1) is 5.41 Å². The van der Waals surface area contributed by atoms with Crippen LogP contribution in [0.4, 0.5) is 0 Å². The third-order valence-electron chi connectivity index (χ3n) is 5.20. The molecule has 1 N–H and O–H groups in total. The van der Waals surface area contributed by atoms with E-state index >= 15 is 0 Å². The van der Waals surface area contributed by atoms with Gasteiger partial charge in [0, 0.05) is 19.1 Å². The van der Waals surface area contributed by atoms with Crippen LogP contribution >= 0.6 is 0 Å². The summed E-state index contributed by atoms with van der Waals surface area (Å²) in [6.07, 6.45) is 7.43. The fraction of sp³-hybridized carbons (Fsp3) is 0.938. The first kappa shape index (κ1) is 15.8. The van der Waals surface area contributed by atoms with Crippen molar-refractivity contribution in [2.45, 2.75) is 57.9 Å². The Balaban J connectivity index is 2.08. The highest BCUT2D eigenvalue weighted by Gasteiger charge is 2.41. The maximum Gasteiger partial charge on any atom is 0.310 e. The monoisotopic (exact) mass is 282 g/mol. The molecule has 0 radical (unpaired) electrons. The van der Waals surface area contributed by atoms with Crippen molar-refractivity contribution >= 4 is 5.97 Å². The molecule has 1 atom stereocenters. The highest BCUT2D eigenvalue weighted by molar-refractivity contribution is 5.75. The Morgan fingerprint density at radius 1 is 1.15 bits per heavy atom. The highest BCUT2D eigenvalue weighted by Crippen LogP contribution is 2.37. The van der Waals surface area contributed by atoms with E-state index in [1.165, 1.54) is 12.8 Å². The molecule has 2 aliphatic rings. The molecule has 1 saturated carbocycles. The average molecular weight is 282 g/mol. The quantitative estimate of drug-likeness (QED) is 0.808. The Labute approximate surface area is 123 Å². The number of rotatable bonds is 3. The third-order valence-corrected chi connectivity index (χ3v) is 5.20. The number of carbonyl (C=O) groups is 1. The molecule has 0 amide bonds. The van der Waals surface area contributed by atoms with Crippen LogP contribution in [-0.2, 0) is 4.79 Å². The van der Waals surface area contributed by atoms with Crippen LogP contribution < -0.4 is 0 Å². The molecule has 0 bridgehead atoms. The van der Waals surface area contributed by atoms with Crippen LogP contribution in [0.2, 0.25) is 0 Å². The summed E-state index contributed by atoms with van der Waals surface area (Å²) in [5.74, 6) is -0.566. The summed E-state index contributed by atoms with van der Waals surface area (Å²) < 4.78 is 0. The molecular weight excluding hydrogens is 252 g/mol. The molecule has 20 heavy (non-hydrogen) atoms. The minimum atomic E-state index is -0.566. The number of nitrogens with zero attached hydrogens (tertiary/aromatic N) is 2. The average Bonchev–Trinajstić information content (AvgIpc) is 2.71. The first-order valence-electron chi connectivity index (χ1n) is 8.19. The fourth-order valence-corrected chi connectivity index (χ4v) is 3.89. The topological polar surface area (TPSA) is 43.8 Å². The first-order valence-corrected chi connectivity index (χ1v) is 8.19. The van der Waals surface area contributed by atoms with E-state index in [1.54, 1.807) is 0 Å². The van der Waals surface area contributed by atoms with Gasteiger partial charge in [0.1, 0.15) is 0 Å². The second kappa shape index (κ2) is 6.90. The van der Waals surface area contributed by atoms with E-state index in [-0.39, 0.29) is 0 Å². The number of hydrogen-bond acceptors (Lipinski definition) is 3. The van der Waals surface area contributed by atoms with Crippen molar-refractivity contribution in [3.63, 3.8) is 0 Å². The molecule has 1 heterocycles. The van der Waals surface area contributed by atoms with Crippen LogP contribution in [0.1, 0.15) is 51.9 Å². The molecule has 0 spiro atoms. The summed E-state index contributed by atoms with van der Waals surface area (Å²) in [6.45, 7) is 6.21. The van der Waals surface area contributed by atoms with Crippen molar-refractivity contribution in [3.8, 4) is 0 Å². The Bertz CT molecular complexity index is 324. The molecule has 2 fully saturated rings. The molecule has 2 rings (SSSR count). The molecule has 1 unspecified atom stereocenters. The molecule has 1 aliphatic carbocycles. The van der Waals surface area contributed by atoms with Gasteiger partial charge in [-0.25, -0.2) is 0 Å². The fourth-order valence-electron chi connectivity index (χ4n) is 3.89. The Kier molecular flexibility index (Phi) is 5.44. The molecule has 116 valence electrons. The smallest absolute Gasteiger partial charge is 0.310 e. The second-order valence-corrected chi connectivity index (χ2v) is 6.93. The zero-order chi connectivity index (χ0) is 14.6. The van der Waals surface area contributed by atoms with Crippen molar-refractivity contribution in [1.29, 1.82) is 0 Å². The predicted molar refractivity (Wildman–Crippen MR) is 80.9 cm³/mol. The number of carboxylic acids is 1. The van der Waals surface area contributed by atoms with E-state index in [2.05, 4.69) is 23.8 Å². The maximum atomic E-state index is 11.9. The van der Waals surface area contributed by atoms with Crippen molar-refractivity contribution < 1.29 is 9.90 Å². The molecular formula is C16H30N2O2. The van der Waals surface area contributed by atoms with Crippen LogP contribution in [0, 0.1) is 5.41 Å². The van der Waals surface area contributed by atoms with Crippen molar-refractivity contribution in [3.05, 3.63) is 0 Å². The Morgan fingerprint density at radius 3 is 2.40 bits per heavy atom. The molecule has 0 aromatic heterocycles. The lowest BCUT2D eigenvalue weighted by molar-refractivity contribution is -0.151. The second-order valence-electron chi connectivity index (χ2n) is 6.93. The minimum absolute atomic E-state index is 0.460. The summed E-state index contributed by atoms with van der Waals surface area (Å²) in [5.41, 5.74) is -0.492. The van der Waals surface area contributed by atoms with E-state index in [1.807, 2.05) is 0 Å². The highest BCUT2D eigenvalue weighted by atomic mass is 16.4. The van der Waals surface area contributed by atoms with Gasteiger partial charge in [-0.15, -0.1) is 0 Å². The number of hydrogen-bond donors (Lipinski definition) is 1. The normalized spacial score (nSPS) is 29.6. The summed E-state index contributed by atoms with van der Waals surface area (Å²) in [7, 11) is 2.17. The van der Waals surface area contributed by atoms with Gasteiger partial charge in [0.25, 0.3) is 0 Å². The lowest BCUT2D eigenvalue weighted by Gasteiger charge is -2.37. The van der Waals surface area contributed by atoms with Crippen LogP contribution in [0.3, 0.4) is 0 Å². The van der Waals surface area contributed by atoms with Crippen LogP contribution in [0.15, 0.2) is 0 Å². The van der Waals surface area contributed by atoms with E-state index in [0.29, 0.717) is 6.04 Å². The lowest BCUT2D eigenvalue weighted by Crippen LogP contribution is -2.47. The summed E-state index contributed by atoms with van der Waals surface area (Å²) in [5, 5.41) is 9.82. The first-order chi connectivity index (χ1) is 9.53. The van der Waals surface area contributed by atoms with Crippen molar-refractivity contribution in [2.75, 3.05) is 33.2 Å². The molecule has 4 heteroatoms. The van der Waals surface area contributed by atoms with Gasteiger partial charge in [0.2, 0.25) is 0 Å². The lowest BCUT2D eigenvalue weighted by atomic mass is 9.79. The molecule has 1 saturated heterocycles. The van der Waals surface area contributed by atoms with E-state index in [0.717, 1.165) is 58.3 Å². The predicted octanol–water partition coefficient (Wildman–Crippen LogP) is 2.44. The molecule has 0 aromatic carbocycles. The van der Waals surface area contributed by atoms with Crippen LogP contribution in [-0.4, -0.2) is 60.1 Å². The summed E-state index contributed by atoms with van der Waals surface area (Å²) in [4.78, 5) is 16.7. The van der Waals surface area contributed by atoms with Gasteiger partial charge in [-0.3, -0.25) is 9.69 Å². The van der Waals surface area contributed by atoms with Gasteiger partial charge in [-0.2, -0.15) is 0 Å². The van der Waals surface area contributed by atoms with E-state index in [9.17, 15) is 9.90 Å². The Morgan fingerprint density at radius 2 is 1.80 bits per heavy atom. The van der Waals surface area contributed by atoms with Gasteiger partial charge < -0.3 is 10.0 Å². The largest absolute Gasteiger partial charge is 0.481 e. The van der Waals surface area contributed by atoms with Gasteiger partial charge in [-0.1, -0.05) is 25.7 Å². The molecule has 1 aliphatic heterocycles. The molecule has 4 nitrogen and oxygen atoms in total. The third kappa shape index (κ3) is 3.73. The SMILES string of the molecule is CC1CN(C)CCCN1CC1(C(=O)O)CCCCCC1. The standard InChI is InChI=1S/C16H30N2O2/c1-14-12-17(2)10-7-11-18(14)13-16(15(19)20)8-5-3-4-6-9-16/h14H,3-13H2,1-2H3,(H,19,20). The van der Waals surface area contributed by atoms with Gasteiger partial charge in [-0.05, 0) is 46.3 Å². The summed E-state index contributed by atoms with van der Waals surface area (Å²) >= 11 is 0. The Hall–Kier alpha value is -0.610. The summed E-state index contributed by atoms with van der Waals surface area (Å²) in [6, 6.07) is 0.460. The minimum Gasteiger partial charge on any atom is -0.481 e. The zero-order valence-electron chi connectivity index (χ0n) is 13.1. The van der Waals surface area contributed by atoms with Gasteiger partial charge in [0.15, 0.2) is 0 Å². The van der Waals surface area contributed by atoms with Crippen LogP contribution in [0.25, 0.3) is 0 Å². The zero-order valence-corrected chi connectivity index (χ0v) is 13.1. The van der Waals surface area contributed by atoms with Gasteiger partial charge >= 0.3 is 5.97 Å². The van der Waals surface area contributed by atoms with E-state index in [4.69, 9.17) is 0 Å².